The lowest BCUT2D eigenvalue weighted by Crippen LogP contribution is -2.39. The highest BCUT2D eigenvalue weighted by Gasteiger charge is 2.33. The van der Waals surface area contributed by atoms with Crippen molar-refractivity contribution < 1.29 is 19.1 Å². The summed E-state index contributed by atoms with van der Waals surface area (Å²) in [5.41, 5.74) is 7.13. The van der Waals surface area contributed by atoms with Gasteiger partial charge in [0.15, 0.2) is 11.5 Å². The lowest BCUT2D eigenvalue weighted by Gasteiger charge is -2.24. The zero-order chi connectivity index (χ0) is 26.4. The van der Waals surface area contributed by atoms with Gasteiger partial charge in [0, 0.05) is 18.3 Å². The van der Waals surface area contributed by atoms with Crippen LogP contribution in [0, 0.1) is 0 Å². The van der Waals surface area contributed by atoms with E-state index in [0.717, 1.165) is 5.56 Å². The molecule has 3 aromatic rings. The molecule has 0 saturated carbocycles. The van der Waals surface area contributed by atoms with Crippen molar-refractivity contribution in [1.82, 2.24) is 20.1 Å². The quantitative estimate of drug-likeness (QED) is 0.297. The van der Waals surface area contributed by atoms with Gasteiger partial charge < -0.3 is 26.0 Å². The Bertz CT molecular complexity index is 1300. The molecule has 1 aliphatic rings. The third-order valence-electron chi connectivity index (χ3n) is 6.04. The Morgan fingerprint density at radius 2 is 1.86 bits per heavy atom. The minimum atomic E-state index is -0.799. The van der Waals surface area contributed by atoms with Gasteiger partial charge in [-0.25, -0.2) is 4.79 Å². The average molecular weight is 502 g/mol. The largest absolute Gasteiger partial charge is 0.457 e. The summed E-state index contributed by atoms with van der Waals surface area (Å²) in [7, 11) is 0. The monoisotopic (exact) mass is 501 g/mol. The maximum atomic E-state index is 12.4. The number of ether oxygens (including phenoxy) is 1. The number of carbonyl (C=O) groups is 3. The number of nitrogens with two attached hydrogens (primary N) is 1. The van der Waals surface area contributed by atoms with E-state index in [9.17, 15) is 14.4 Å². The number of hydrogen-bond donors (Lipinski definition) is 3. The van der Waals surface area contributed by atoms with E-state index in [4.69, 9.17) is 10.5 Å². The summed E-state index contributed by atoms with van der Waals surface area (Å²) in [4.78, 5) is 42.4. The molecule has 1 aliphatic heterocycles. The molecular weight excluding hydrogens is 474 g/mol. The molecule has 1 aromatic heterocycles. The van der Waals surface area contributed by atoms with Crippen molar-refractivity contribution in [2.75, 3.05) is 17.2 Å². The number of aromatic nitrogens is 3. The van der Waals surface area contributed by atoms with Gasteiger partial charge >= 0.3 is 5.97 Å². The summed E-state index contributed by atoms with van der Waals surface area (Å²) in [6.07, 6.45) is 1.97. The Labute approximate surface area is 213 Å². The number of anilines is 3. The van der Waals surface area contributed by atoms with Crippen LogP contribution < -0.4 is 16.4 Å². The van der Waals surface area contributed by atoms with Gasteiger partial charge in [-0.3, -0.25) is 9.59 Å². The van der Waals surface area contributed by atoms with Crippen LogP contribution in [0.4, 0.5) is 17.5 Å². The molecular formula is C26H27N7O4. The fraction of sp³-hybridized carbons (Fsp3) is 0.231. The highest BCUT2D eigenvalue weighted by molar-refractivity contribution is 5.96. The van der Waals surface area contributed by atoms with Crippen LogP contribution in [0.2, 0.25) is 0 Å². The number of benzene rings is 2. The van der Waals surface area contributed by atoms with E-state index in [-0.39, 0.29) is 42.1 Å². The molecule has 0 unspecified atom stereocenters. The van der Waals surface area contributed by atoms with Gasteiger partial charge in [0.25, 0.3) is 5.91 Å². The molecule has 1 saturated heterocycles. The molecule has 190 valence electrons. The van der Waals surface area contributed by atoms with Gasteiger partial charge in [-0.05, 0) is 49.2 Å². The van der Waals surface area contributed by atoms with E-state index in [0.29, 0.717) is 24.2 Å². The molecule has 0 radical (unpaired) electrons. The van der Waals surface area contributed by atoms with Gasteiger partial charge in [0.05, 0.1) is 11.6 Å². The second-order valence-electron chi connectivity index (χ2n) is 8.48. The fourth-order valence-electron chi connectivity index (χ4n) is 4.00. The molecule has 11 nitrogen and oxygen atoms in total. The number of esters is 1. The predicted molar refractivity (Wildman–Crippen MR) is 137 cm³/mol. The van der Waals surface area contributed by atoms with Crippen molar-refractivity contribution in [3.05, 3.63) is 84.1 Å². The minimum Gasteiger partial charge on any atom is -0.457 e. The molecule has 0 bridgehead atoms. The van der Waals surface area contributed by atoms with Crippen LogP contribution in [0.15, 0.2) is 67.3 Å². The van der Waals surface area contributed by atoms with E-state index >= 15 is 0 Å². The molecule has 0 spiro atoms. The maximum absolute atomic E-state index is 12.4. The van der Waals surface area contributed by atoms with Crippen molar-refractivity contribution in [3.8, 4) is 0 Å². The number of hydrogen-bond acceptors (Lipinski definition) is 9. The van der Waals surface area contributed by atoms with Gasteiger partial charge in [-0.2, -0.15) is 4.98 Å². The molecule has 4 N–H and O–H groups in total. The highest BCUT2D eigenvalue weighted by atomic mass is 16.5. The first kappa shape index (κ1) is 25.3. The van der Waals surface area contributed by atoms with Gasteiger partial charge in [-0.1, -0.05) is 36.9 Å². The van der Waals surface area contributed by atoms with Crippen molar-refractivity contribution >= 4 is 35.2 Å². The van der Waals surface area contributed by atoms with Crippen molar-refractivity contribution in [3.63, 3.8) is 0 Å². The second-order valence-corrected chi connectivity index (χ2v) is 8.48. The van der Waals surface area contributed by atoms with Crippen LogP contribution >= 0.6 is 0 Å². The van der Waals surface area contributed by atoms with Crippen LogP contribution in [-0.2, 0) is 16.1 Å². The summed E-state index contributed by atoms with van der Waals surface area (Å²) in [6, 6.07) is 15.7. The minimum absolute atomic E-state index is 0.106. The Morgan fingerprint density at radius 1 is 1.14 bits per heavy atom. The topological polar surface area (TPSA) is 152 Å². The number of nitrogens with zero attached hydrogens (tertiary/aromatic N) is 4. The van der Waals surface area contributed by atoms with Crippen LogP contribution in [-0.4, -0.2) is 56.5 Å². The number of carbonyl (C=O) groups excluding carboxylic acids is 3. The van der Waals surface area contributed by atoms with Crippen molar-refractivity contribution in [2.24, 2.45) is 5.73 Å². The summed E-state index contributed by atoms with van der Waals surface area (Å²) >= 11 is 0. The number of rotatable bonds is 9. The summed E-state index contributed by atoms with van der Waals surface area (Å²) in [5, 5.41) is 14.1. The SMILES string of the molecule is C=CC(=O)N1CC[C@@H](Nc2nnc(C(N)=O)c(Nc3ccc(C(=O)OCc4ccccc4)cc3)n2)[C@H]1C. The summed E-state index contributed by atoms with van der Waals surface area (Å²) in [6.45, 7) is 6.20. The molecule has 2 atom stereocenters. The van der Waals surface area contributed by atoms with E-state index in [1.165, 1.54) is 6.08 Å². The van der Waals surface area contributed by atoms with E-state index in [1.807, 2.05) is 37.3 Å². The number of primary amides is 1. The van der Waals surface area contributed by atoms with Crippen LogP contribution in [0.3, 0.4) is 0 Å². The maximum Gasteiger partial charge on any atom is 0.338 e. The first-order valence-electron chi connectivity index (χ1n) is 11.7. The molecule has 37 heavy (non-hydrogen) atoms. The van der Waals surface area contributed by atoms with Crippen LogP contribution in [0.5, 0.6) is 0 Å². The third-order valence-corrected chi connectivity index (χ3v) is 6.04. The predicted octanol–water partition coefficient (Wildman–Crippen LogP) is 2.66. The Morgan fingerprint density at radius 3 is 2.54 bits per heavy atom. The van der Waals surface area contributed by atoms with Gasteiger partial charge in [0.1, 0.15) is 6.61 Å². The second kappa shape index (κ2) is 11.3. The van der Waals surface area contributed by atoms with E-state index in [2.05, 4.69) is 32.4 Å². The van der Waals surface area contributed by atoms with Gasteiger partial charge in [0.2, 0.25) is 11.9 Å². The van der Waals surface area contributed by atoms with Crippen molar-refractivity contribution in [1.29, 1.82) is 0 Å². The smallest absolute Gasteiger partial charge is 0.338 e. The zero-order valence-corrected chi connectivity index (χ0v) is 20.3. The molecule has 0 aliphatic carbocycles. The van der Waals surface area contributed by atoms with E-state index < -0.39 is 11.9 Å². The highest BCUT2D eigenvalue weighted by Crippen LogP contribution is 2.23. The van der Waals surface area contributed by atoms with Crippen LogP contribution in [0.1, 0.15) is 39.8 Å². The average Bonchev–Trinajstić information content (AvgIpc) is 3.27. The standard InChI is InChI=1S/C26H27N7O4/c1-3-21(34)33-14-13-20(16(33)2)29-26-30-24(22(23(27)35)31-32-26)28-19-11-9-18(10-12-19)25(36)37-15-17-7-5-4-6-8-17/h3-12,16,20H,1,13-15H2,2H3,(H2,27,35)(H2,28,29,30,32)/t16-,20-/m1/s1. The Hall–Kier alpha value is -4.80. The number of nitrogens with one attached hydrogen (secondary N) is 2. The molecule has 1 fully saturated rings. The Balaban J connectivity index is 1.44. The molecule has 2 heterocycles. The van der Waals surface area contributed by atoms with E-state index in [1.54, 1.807) is 29.2 Å². The Kier molecular flexibility index (Phi) is 7.72. The molecule has 2 amide bonds. The first-order chi connectivity index (χ1) is 17.9. The fourth-order valence-corrected chi connectivity index (χ4v) is 4.00. The van der Waals surface area contributed by atoms with Crippen LogP contribution in [0.25, 0.3) is 0 Å². The first-order valence-corrected chi connectivity index (χ1v) is 11.7. The number of amides is 2. The lowest BCUT2D eigenvalue weighted by atomic mass is 10.1. The zero-order valence-electron chi connectivity index (χ0n) is 20.3. The van der Waals surface area contributed by atoms with Gasteiger partial charge in [-0.15, -0.1) is 10.2 Å². The normalized spacial score (nSPS) is 16.6. The molecule has 11 heteroatoms. The molecule has 2 aromatic carbocycles. The van der Waals surface area contributed by atoms with Crippen molar-refractivity contribution in [2.45, 2.75) is 32.0 Å². The third kappa shape index (κ3) is 6.07. The lowest BCUT2D eigenvalue weighted by molar-refractivity contribution is -0.126. The summed E-state index contributed by atoms with van der Waals surface area (Å²) in [5.74, 6) is -1.12. The molecule has 4 rings (SSSR count). The summed E-state index contributed by atoms with van der Waals surface area (Å²) < 4.78 is 5.35. The number of likely N-dealkylation sites (tertiary alicyclic amines) is 1.